The van der Waals surface area contributed by atoms with Crippen LogP contribution >= 0.6 is 7.60 Å². The highest BCUT2D eigenvalue weighted by molar-refractivity contribution is 7.53. The molecule has 2 aliphatic rings. The van der Waals surface area contributed by atoms with Gasteiger partial charge in [0.25, 0.3) is 0 Å². The van der Waals surface area contributed by atoms with Crippen molar-refractivity contribution in [3.05, 3.63) is 12.0 Å². The fourth-order valence-corrected chi connectivity index (χ4v) is 4.24. The van der Waals surface area contributed by atoms with Crippen LogP contribution in [0.3, 0.4) is 0 Å². The predicted molar refractivity (Wildman–Crippen MR) is 93.8 cm³/mol. The molecule has 0 saturated carbocycles. The lowest BCUT2D eigenvalue weighted by molar-refractivity contribution is -0.146. The second-order valence-corrected chi connectivity index (χ2v) is 7.90. The highest BCUT2D eigenvalue weighted by Crippen LogP contribution is 2.49. The van der Waals surface area contributed by atoms with Gasteiger partial charge in [0.1, 0.15) is 17.6 Å². The number of nitrogens with two attached hydrogens (primary N) is 1. The van der Waals surface area contributed by atoms with E-state index in [-0.39, 0.29) is 37.6 Å². The second-order valence-electron chi connectivity index (χ2n) is 5.90. The summed E-state index contributed by atoms with van der Waals surface area (Å²) >= 11 is 0. The molecular formula is C14H24N5O7P. The Morgan fingerprint density at radius 1 is 1.41 bits per heavy atom. The maximum Gasteiger partial charge on any atom is 0.356 e. The molecule has 0 amide bonds. The molecule has 152 valence electrons. The molecule has 0 bridgehead atoms. The molecule has 0 radical (unpaired) electrons. The van der Waals surface area contributed by atoms with E-state index in [2.05, 4.69) is 15.3 Å². The number of guanidine groups is 1. The fraction of sp³-hybridized carbons (Fsp3) is 0.714. The SMILES string of the molecule is CCOP(=O)(CO[C@@H]1C[C@H](O)[C@H](n2cnc3c2NC(N)=NC3O)O1)OCC. The number of hydrogen-bond acceptors (Lipinski definition) is 11. The average Bonchev–Trinajstić information content (AvgIpc) is 3.17. The third kappa shape index (κ3) is 4.32. The molecule has 3 heterocycles. The third-order valence-electron chi connectivity index (χ3n) is 3.97. The zero-order valence-corrected chi connectivity index (χ0v) is 15.9. The van der Waals surface area contributed by atoms with Crippen LogP contribution in [0.25, 0.3) is 0 Å². The summed E-state index contributed by atoms with van der Waals surface area (Å²) in [5.74, 6) is 0.389. The Kier molecular flexibility index (Phi) is 6.16. The van der Waals surface area contributed by atoms with E-state index < -0.39 is 32.4 Å². The molecule has 1 unspecified atom stereocenters. The average molecular weight is 405 g/mol. The van der Waals surface area contributed by atoms with Crippen molar-refractivity contribution in [1.29, 1.82) is 0 Å². The van der Waals surface area contributed by atoms with Crippen molar-refractivity contribution in [2.24, 2.45) is 10.7 Å². The smallest absolute Gasteiger partial charge is 0.356 e. The Labute approximate surface area is 155 Å². The van der Waals surface area contributed by atoms with Crippen molar-refractivity contribution in [3.8, 4) is 0 Å². The molecule has 0 aliphatic carbocycles. The first-order valence-corrected chi connectivity index (χ1v) is 10.3. The number of aliphatic imine (C=N–C) groups is 1. The summed E-state index contributed by atoms with van der Waals surface area (Å²) in [6.07, 6.45) is -2.54. The Hall–Kier alpha value is -1.53. The van der Waals surface area contributed by atoms with Crippen molar-refractivity contribution in [1.82, 2.24) is 9.55 Å². The molecule has 12 nitrogen and oxygen atoms in total. The van der Waals surface area contributed by atoms with Crippen molar-refractivity contribution >= 4 is 19.4 Å². The first-order valence-electron chi connectivity index (χ1n) is 8.55. The predicted octanol–water partition coefficient (Wildman–Crippen LogP) is 0.460. The maximum absolute atomic E-state index is 12.5. The molecule has 0 spiro atoms. The molecule has 1 aromatic heterocycles. The van der Waals surface area contributed by atoms with Crippen LogP contribution in [0.5, 0.6) is 0 Å². The highest BCUT2D eigenvalue weighted by Gasteiger charge is 2.40. The number of hydrogen-bond donors (Lipinski definition) is 4. The van der Waals surface area contributed by atoms with E-state index in [1.807, 2.05) is 0 Å². The van der Waals surface area contributed by atoms with Crippen LogP contribution in [-0.4, -0.2) is 57.7 Å². The van der Waals surface area contributed by atoms with Crippen LogP contribution in [0, 0.1) is 0 Å². The molecule has 0 aromatic carbocycles. The van der Waals surface area contributed by atoms with Gasteiger partial charge in [-0.15, -0.1) is 0 Å². The van der Waals surface area contributed by atoms with Gasteiger partial charge < -0.3 is 39.8 Å². The maximum atomic E-state index is 12.5. The number of aliphatic hydroxyl groups is 2. The van der Waals surface area contributed by atoms with Crippen molar-refractivity contribution in [2.45, 2.75) is 45.1 Å². The lowest BCUT2D eigenvalue weighted by Crippen LogP contribution is -2.31. The lowest BCUT2D eigenvalue weighted by Gasteiger charge is -2.23. The number of fused-ring (bicyclic) bond motifs is 1. The minimum Gasteiger partial charge on any atom is -0.388 e. The summed E-state index contributed by atoms with van der Waals surface area (Å²) in [7, 11) is -3.39. The molecule has 1 saturated heterocycles. The minimum atomic E-state index is -3.39. The summed E-state index contributed by atoms with van der Waals surface area (Å²) in [5, 5.41) is 23.1. The number of ether oxygens (including phenoxy) is 2. The van der Waals surface area contributed by atoms with Gasteiger partial charge in [0, 0.05) is 6.42 Å². The van der Waals surface area contributed by atoms with Gasteiger partial charge in [0.05, 0.1) is 19.5 Å². The van der Waals surface area contributed by atoms with Gasteiger partial charge in [-0.1, -0.05) is 0 Å². The fourth-order valence-electron chi connectivity index (χ4n) is 2.89. The summed E-state index contributed by atoms with van der Waals surface area (Å²) in [6.45, 7) is 3.84. The van der Waals surface area contributed by atoms with E-state index in [1.165, 1.54) is 10.9 Å². The van der Waals surface area contributed by atoms with Gasteiger partial charge in [0.15, 0.2) is 31.1 Å². The van der Waals surface area contributed by atoms with Crippen molar-refractivity contribution in [2.75, 3.05) is 24.9 Å². The largest absolute Gasteiger partial charge is 0.388 e. The monoisotopic (exact) mass is 405 g/mol. The van der Waals surface area contributed by atoms with Crippen LogP contribution in [-0.2, 0) is 23.1 Å². The minimum absolute atomic E-state index is 0.0198. The standard InChI is InChI=1S/C14H24N5O7P/c1-3-24-27(22,25-4-2)7-23-9-5-8(20)13(26-9)19-6-16-10-11(19)17-14(15)18-12(10)21/h6,8-9,12-13,20-21H,3-5,7H2,1-2H3,(H3,15,17,18)/t8-,9-,12?,13+/m0/s1. The van der Waals surface area contributed by atoms with E-state index in [0.29, 0.717) is 5.82 Å². The Morgan fingerprint density at radius 3 is 2.78 bits per heavy atom. The van der Waals surface area contributed by atoms with Gasteiger partial charge in [-0.25, -0.2) is 9.98 Å². The van der Waals surface area contributed by atoms with Crippen LogP contribution < -0.4 is 11.1 Å². The van der Waals surface area contributed by atoms with Gasteiger partial charge in [-0.3, -0.25) is 9.13 Å². The molecule has 3 rings (SSSR count). The van der Waals surface area contributed by atoms with Gasteiger partial charge >= 0.3 is 7.60 Å². The van der Waals surface area contributed by atoms with Crippen LogP contribution in [0.1, 0.15) is 38.4 Å². The van der Waals surface area contributed by atoms with E-state index in [1.54, 1.807) is 13.8 Å². The molecule has 4 atom stereocenters. The number of imidazole rings is 1. The van der Waals surface area contributed by atoms with E-state index in [4.69, 9.17) is 24.3 Å². The first kappa shape index (κ1) is 20.2. The van der Waals surface area contributed by atoms with Gasteiger partial charge in [0.2, 0.25) is 0 Å². The molecule has 2 aliphatic heterocycles. The Balaban J connectivity index is 1.67. The molecule has 1 aromatic rings. The van der Waals surface area contributed by atoms with E-state index in [0.717, 1.165) is 0 Å². The van der Waals surface area contributed by atoms with Crippen LogP contribution in [0.2, 0.25) is 0 Å². The molecule has 5 N–H and O–H groups in total. The lowest BCUT2D eigenvalue weighted by atomic mass is 10.2. The Bertz CT molecular complexity index is 731. The number of nitrogens with zero attached hydrogens (tertiary/aromatic N) is 3. The van der Waals surface area contributed by atoms with Crippen LogP contribution in [0.4, 0.5) is 5.82 Å². The summed E-state index contributed by atoms with van der Waals surface area (Å²) in [6, 6.07) is 0. The number of aromatic nitrogens is 2. The zero-order valence-electron chi connectivity index (χ0n) is 15.0. The number of rotatable bonds is 8. The third-order valence-corrected chi connectivity index (χ3v) is 5.74. The number of nitrogens with one attached hydrogen (secondary N) is 1. The van der Waals surface area contributed by atoms with Gasteiger partial charge in [-0.2, -0.15) is 0 Å². The number of anilines is 1. The quantitative estimate of drug-likeness (QED) is 0.447. The molecule has 27 heavy (non-hydrogen) atoms. The molecule has 13 heteroatoms. The normalized spacial score (nSPS) is 27.9. The summed E-state index contributed by atoms with van der Waals surface area (Å²) < 4.78 is 35.5. The zero-order chi connectivity index (χ0) is 19.6. The second kappa shape index (κ2) is 8.23. The van der Waals surface area contributed by atoms with Crippen molar-refractivity contribution < 1.29 is 33.3 Å². The van der Waals surface area contributed by atoms with Gasteiger partial charge in [-0.05, 0) is 13.8 Å². The topological polar surface area (TPSA) is 163 Å². The van der Waals surface area contributed by atoms with E-state index in [9.17, 15) is 14.8 Å². The van der Waals surface area contributed by atoms with Crippen molar-refractivity contribution in [3.63, 3.8) is 0 Å². The highest BCUT2D eigenvalue weighted by atomic mass is 31.2. The molecular weight excluding hydrogens is 381 g/mol. The van der Waals surface area contributed by atoms with E-state index >= 15 is 0 Å². The summed E-state index contributed by atoms with van der Waals surface area (Å²) in [4.78, 5) is 7.85. The van der Waals surface area contributed by atoms with Crippen LogP contribution in [0.15, 0.2) is 11.3 Å². The summed E-state index contributed by atoms with van der Waals surface area (Å²) in [5.41, 5.74) is 5.90. The number of aliphatic hydroxyl groups excluding tert-OH is 2. The molecule has 1 fully saturated rings. The first-order chi connectivity index (χ1) is 12.9. The Morgan fingerprint density at radius 2 is 2.11 bits per heavy atom.